The van der Waals surface area contributed by atoms with Crippen molar-refractivity contribution in [1.29, 1.82) is 0 Å². The van der Waals surface area contributed by atoms with Crippen molar-refractivity contribution in [3.63, 3.8) is 0 Å². The summed E-state index contributed by atoms with van der Waals surface area (Å²) in [5.74, 6) is 0.734. The number of rotatable bonds is 4. The third-order valence-corrected chi connectivity index (χ3v) is 6.06. The van der Waals surface area contributed by atoms with Crippen molar-refractivity contribution >= 4 is 17.2 Å². The van der Waals surface area contributed by atoms with Crippen LogP contribution in [-0.4, -0.2) is 29.9 Å². The van der Waals surface area contributed by atoms with Gasteiger partial charge in [-0.1, -0.05) is 12.8 Å². The first-order chi connectivity index (χ1) is 10.1. The quantitative estimate of drug-likeness (QED) is 0.923. The van der Waals surface area contributed by atoms with Crippen LogP contribution < -0.4 is 5.32 Å². The van der Waals surface area contributed by atoms with Gasteiger partial charge in [0.15, 0.2) is 0 Å². The van der Waals surface area contributed by atoms with Crippen molar-refractivity contribution in [1.82, 2.24) is 10.2 Å². The fourth-order valence-electron chi connectivity index (χ4n) is 3.65. The van der Waals surface area contributed by atoms with Gasteiger partial charge in [0.25, 0.3) is 0 Å². The van der Waals surface area contributed by atoms with Gasteiger partial charge in [-0.25, -0.2) is 0 Å². The molecule has 1 amide bonds. The smallest absolute Gasteiger partial charge is 0.225 e. The summed E-state index contributed by atoms with van der Waals surface area (Å²) in [4.78, 5) is 17.3. The minimum absolute atomic E-state index is 0.320. The molecule has 2 aliphatic rings. The molecule has 21 heavy (non-hydrogen) atoms. The van der Waals surface area contributed by atoms with Crippen molar-refractivity contribution < 1.29 is 4.79 Å². The summed E-state index contributed by atoms with van der Waals surface area (Å²) in [5, 5.41) is 3.70. The lowest BCUT2D eigenvalue weighted by Crippen LogP contribution is -2.38. The summed E-state index contributed by atoms with van der Waals surface area (Å²) in [6, 6.07) is 5.24. The molecule has 0 radical (unpaired) electrons. The van der Waals surface area contributed by atoms with Crippen LogP contribution in [0.2, 0.25) is 0 Å². The maximum absolute atomic E-state index is 12.5. The maximum atomic E-state index is 12.5. The first-order valence-corrected chi connectivity index (χ1v) is 9.06. The average molecular weight is 306 g/mol. The Bertz CT molecular complexity index is 493. The standard InChI is InChI=1S/C17H26N2OS/c1-12-7-8-16(21-12)13(2)18-15-9-10-19(11-15)17(20)14-5-3-4-6-14/h7-8,13-15,18H,3-6,9-11H2,1-2H3/t13-,15+/m1/s1. The van der Waals surface area contributed by atoms with Gasteiger partial charge in [0, 0.05) is 40.8 Å². The normalized spacial score (nSPS) is 24.7. The highest BCUT2D eigenvalue weighted by atomic mass is 32.1. The molecule has 1 N–H and O–H groups in total. The topological polar surface area (TPSA) is 32.3 Å². The van der Waals surface area contributed by atoms with Gasteiger partial charge in [0.05, 0.1) is 0 Å². The van der Waals surface area contributed by atoms with Gasteiger partial charge in [0.1, 0.15) is 0 Å². The molecule has 2 fully saturated rings. The third kappa shape index (κ3) is 3.49. The summed E-state index contributed by atoms with van der Waals surface area (Å²) in [7, 11) is 0. The number of amides is 1. The van der Waals surface area contributed by atoms with E-state index in [-0.39, 0.29) is 0 Å². The fourth-order valence-corrected chi connectivity index (χ4v) is 4.54. The number of carbonyl (C=O) groups is 1. The Morgan fingerprint density at radius 2 is 2.10 bits per heavy atom. The Morgan fingerprint density at radius 1 is 1.33 bits per heavy atom. The second-order valence-electron chi connectivity index (χ2n) is 6.59. The molecule has 3 nitrogen and oxygen atoms in total. The van der Waals surface area contributed by atoms with E-state index in [1.165, 1.54) is 22.6 Å². The minimum atomic E-state index is 0.320. The average Bonchev–Trinajstić information content (AvgIpc) is 3.18. The third-order valence-electron chi connectivity index (χ3n) is 4.88. The van der Waals surface area contributed by atoms with Crippen LogP contribution in [0.15, 0.2) is 12.1 Å². The molecule has 1 saturated carbocycles. The van der Waals surface area contributed by atoms with Gasteiger partial charge in [0.2, 0.25) is 5.91 Å². The van der Waals surface area contributed by atoms with Crippen LogP contribution >= 0.6 is 11.3 Å². The highest BCUT2D eigenvalue weighted by Crippen LogP contribution is 2.28. The fraction of sp³-hybridized carbons (Fsp3) is 0.706. The van der Waals surface area contributed by atoms with E-state index in [1.807, 2.05) is 11.3 Å². The van der Waals surface area contributed by atoms with Crippen molar-refractivity contribution in [2.45, 2.75) is 58.0 Å². The van der Waals surface area contributed by atoms with Crippen LogP contribution in [0.4, 0.5) is 0 Å². The van der Waals surface area contributed by atoms with Gasteiger partial charge in [-0.2, -0.15) is 0 Å². The SMILES string of the molecule is Cc1ccc([C@@H](C)N[C@H]2CCN(C(=O)C3CCCC3)C2)s1. The predicted octanol–water partition coefficient (Wildman–Crippen LogP) is 3.50. The molecular weight excluding hydrogens is 280 g/mol. The zero-order valence-electron chi connectivity index (χ0n) is 13.1. The van der Waals surface area contributed by atoms with Crippen LogP contribution in [0, 0.1) is 12.8 Å². The molecule has 2 atom stereocenters. The number of carbonyl (C=O) groups excluding carboxylic acids is 1. The van der Waals surface area contributed by atoms with Gasteiger partial charge in [-0.3, -0.25) is 4.79 Å². The second-order valence-corrected chi connectivity index (χ2v) is 7.91. The Balaban J connectivity index is 1.51. The number of hydrogen-bond acceptors (Lipinski definition) is 3. The van der Waals surface area contributed by atoms with Crippen molar-refractivity contribution in [2.24, 2.45) is 5.92 Å². The Kier molecular flexibility index (Phi) is 4.65. The molecule has 1 saturated heterocycles. The molecule has 4 heteroatoms. The predicted molar refractivity (Wildman–Crippen MR) is 87.5 cm³/mol. The molecule has 1 aliphatic heterocycles. The number of aryl methyl sites for hydroxylation is 1. The molecule has 0 aromatic carbocycles. The highest BCUT2D eigenvalue weighted by Gasteiger charge is 2.32. The van der Waals surface area contributed by atoms with Gasteiger partial charge in [-0.15, -0.1) is 11.3 Å². The summed E-state index contributed by atoms with van der Waals surface area (Å²) in [6.45, 7) is 6.21. The molecule has 3 rings (SSSR count). The Hall–Kier alpha value is -0.870. The molecule has 1 aromatic rings. The summed E-state index contributed by atoms with van der Waals surface area (Å²) >= 11 is 1.86. The lowest BCUT2D eigenvalue weighted by atomic mass is 10.1. The van der Waals surface area contributed by atoms with E-state index < -0.39 is 0 Å². The molecule has 0 spiro atoms. The van der Waals surface area contributed by atoms with Crippen LogP contribution in [0.3, 0.4) is 0 Å². The van der Waals surface area contributed by atoms with E-state index in [9.17, 15) is 4.79 Å². The second kappa shape index (κ2) is 6.49. The number of likely N-dealkylation sites (tertiary alicyclic amines) is 1. The molecule has 116 valence electrons. The van der Waals surface area contributed by atoms with Crippen molar-refractivity contribution in [2.75, 3.05) is 13.1 Å². The lowest BCUT2D eigenvalue weighted by Gasteiger charge is -2.22. The van der Waals surface area contributed by atoms with E-state index >= 15 is 0 Å². The van der Waals surface area contributed by atoms with Gasteiger partial charge >= 0.3 is 0 Å². The van der Waals surface area contributed by atoms with E-state index in [2.05, 4.69) is 36.2 Å². The summed E-state index contributed by atoms with van der Waals surface area (Å²) in [6.07, 6.45) is 5.78. The zero-order chi connectivity index (χ0) is 14.8. The van der Waals surface area contributed by atoms with E-state index in [0.717, 1.165) is 32.4 Å². The number of hydrogen-bond donors (Lipinski definition) is 1. The van der Waals surface area contributed by atoms with Crippen molar-refractivity contribution in [3.05, 3.63) is 21.9 Å². The molecule has 0 unspecified atom stereocenters. The number of nitrogens with zero attached hydrogens (tertiary/aromatic N) is 1. The molecule has 2 heterocycles. The molecule has 1 aromatic heterocycles. The first kappa shape index (κ1) is 15.0. The van der Waals surface area contributed by atoms with Crippen LogP contribution in [0.25, 0.3) is 0 Å². The zero-order valence-corrected chi connectivity index (χ0v) is 13.9. The monoisotopic (exact) mass is 306 g/mol. The Labute approximate surface area is 131 Å². The van der Waals surface area contributed by atoms with Gasteiger partial charge in [-0.05, 0) is 45.2 Å². The first-order valence-electron chi connectivity index (χ1n) is 8.24. The lowest BCUT2D eigenvalue weighted by molar-refractivity contribution is -0.134. The summed E-state index contributed by atoms with van der Waals surface area (Å²) in [5.41, 5.74) is 0. The highest BCUT2D eigenvalue weighted by molar-refractivity contribution is 7.12. The van der Waals surface area contributed by atoms with E-state index in [4.69, 9.17) is 0 Å². The van der Waals surface area contributed by atoms with Crippen LogP contribution in [0.1, 0.15) is 54.8 Å². The number of nitrogens with one attached hydrogen (secondary N) is 1. The maximum Gasteiger partial charge on any atom is 0.225 e. The van der Waals surface area contributed by atoms with Crippen LogP contribution in [-0.2, 0) is 4.79 Å². The molecular formula is C17H26N2OS. The molecule has 0 bridgehead atoms. The van der Waals surface area contributed by atoms with E-state index in [0.29, 0.717) is 23.9 Å². The summed E-state index contributed by atoms with van der Waals surface area (Å²) < 4.78 is 0. The largest absolute Gasteiger partial charge is 0.341 e. The number of thiophene rings is 1. The minimum Gasteiger partial charge on any atom is -0.341 e. The van der Waals surface area contributed by atoms with E-state index in [1.54, 1.807) is 0 Å². The molecule has 1 aliphatic carbocycles. The van der Waals surface area contributed by atoms with Gasteiger partial charge < -0.3 is 10.2 Å². The van der Waals surface area contributed by atoms with Crippen molar-refractivity contribution in [3.8, 4) is 0 Å². The van der Waals surface area contributed by atoms with Crippen LogP contribution in [0.5, 0.6) is 0 Å². The Morgan fingerprint density at radius 3 is 2.76 bits per heavy atom.